The lowest BCUT2D eigenvalue weighted by molar-refractivity contribution is -0.379. The van der Waals surface area contributed by atoms with Crippen molar-refractivity contribution in [1.82, 2.24) is 5.32 Å². The maximum absolute atomic E-state index is 13.5. The average Bonchev–Trinajstić information content (AvgIpc) is 0.782. The van der Waals surface area contributed by atoms with E-state index in [1.54, 1.807) is 6.08 Å². The minimum absolute atomic E-state index is 0.235. The van der Waals surface area contributed by atoms with E-state index in [4.69, 9.17) is 28.4 Å². The number of aliphatic hydroxyl groups is 11. The number of allylic oxidation sites excluding steroid dienone is 13. The molecule has 19 heteroatoms. The highest BCUT2D eigenvalue weighted by atomic mass is 16.8. The quantitative estimate of drug-likeness (QED) is 0.0199. The standard InChI is InChI=1S/C93H167NO18/c1-3-5-7-9-11-13-15-17-19-21-23-25-27-29-31-33-35-37-38-39-41-43-45-47-49-51-53-55-57-59-61-63-65-67-69-71-81(99)94-76(77(98)70-68-66-64-62-60-58-56-54-52-50-48-46-44-42-40-36-34-32-30-28-26-24-22-20-18-16-14-12-10-8-6-4-2)75-107-91-87(105)84(102)89(79(73-96)109-91)112-93-88(106)85(103)90(80(74-97)110-93)111-92-86(104)83(101)82(100)78(72-95)108-92/h5,7,11,13,17,19,23,25,29,31,60,62,68,70,76-80,82-93,95-98,100-106H,3-4,6,8-10,12,14-16,18,20-22,24,26-28,30,32-59,61,63-67,69,71-75H2,1-2H3,(H,94,99)/b7-5-,13-11-,19-17-,25-23-,31-29-,62-60+,70-68+. The maximum Gasteiger partial charge on any atom is 0.220 e. The van der Waals surface area contributed by atoms with E-state index in [9.17, 15) is 61.0 Å². The van der Waals surface area contributed by atoms with Gasteiger partial charge >= 0.3 is 0 Å². The molecule has 112 heavy (non-hydrogen) atoms. The number of amides is 1. The second kappa shape index (κ2) is 72.0. The summed E-state index contributed by atoms with van der Waals surface area (Å²) in [6.45, 7) is 1.66. The van der Waals surface area contributed by atoms with Crippen molar-refractivity contribution in [2.75, 3.05) is 26.4 Å². The number of aliphatic hydroxyl groups excluding tert-OH is 11. The van der Waals surface area contributed by atoms with Crippen molar-refractivity contribution in [3.05, 3.63) is 85.1 Å². The summed E-state index contributed by atoms with van der Waals surface area (Å²) in [4.78, 5) is 13.5. The van der Waals surface area contributed by atoms with Crippen molar-refractivity contribution in [2.45, 2.75) is 471 Å². The number of nitrogens with one attached hydrogen (secondary N) is 1. The Bertz CT molecular complexity index is 2350. The van der Waals surface area contributed by atoms with Crippen LogP contribution in [0.4, 0.5) is 0 Å². The Morgan fingerprint density at radius 2 is 0.625 bits per heavy atom. The van der Waals surface area contributed by atoms with Crippen molar-refractivity contribution in [3.8, 4) is 0 Å². The van der Waals surface area contributed by atoms with Crippen LogP contribution in [-0.4, -0.2) is 193 Å². The molecule has 12 N–H and O–H groups in total. The minimum Gasteiger partial charge on any atom is -0.394 e. The van der Waals surface area contributed by atoms with Gasteiger partial charge in [0.15, 0.2) is 18.9 Å². The Balaban J connectivity index is 1.33. The van der Waals surface area contributed by atoms with Crippen molar-refractivity contribution in [2.24, 2.45) is 0 Å². The average molecular weight is 1590 g/mol. The van der Waals surface area contributed by atoms with Crippen LogP contribution in [0.3, 0.4) is 0 Å². The molecule has 0 saturated carbocycles. The number of hydrogen-bond donors (Lipinski definition) is 12. The molecule has 17 unspecified atom stereocenters. The normalized spacial score (nSPS) is 25.3. The Morgan fingerprint density at radius 3 is 1.00 bits per heavy atom. The van der Waals surface area contributed by atoms with Gasteiger partial charge in [0.05, 0.1) is 38.6 Å². The fourth-order valence-corrected chi connectivity index (χ4v) is 15.2. The highest BCUT2D eigenvalue weighted by Crippen LogP contribution is 2.34. The van der Waals surface area contributed by atoms with Crippen molar-refractivity contribution in [3.63, 3.8) is 0 Å². The highest BCUT2D eigenvalue weighted by Gasteiger charge is 2.54. The molecule has 3 fully saturated rings. The van der Waals surface area contributed by atoms with Crippen LogP contribution in [0.1, 0.15) is 367 Å². The SMILES string of the molecule is CC/C=C\C/C=C\C/C=C\C/C=C\C/C=C\CCCCCCCCCCCCCCCCCCCCCC(=O)NC(COC1OC(CO)C(OC2OC(CO)C(OC3OC(CO)C(O)C(O)C3O)C(O)C2O)C(O)C1O)C(O)/C=C/CC/C=C/CCCCCCCCCCCCCCCCCCCCCCCCCCCC. The number of carbonyl (C=O) groups is 1. The van der Waals surface area contributed by atoms with Crippen molar-refractivity contribution < 1.29 is 89.4 Å². The molecule has 0 aromatic rings. The summed E-state index contributed by atoms with van der Waals surface area (Å²) < 4.78 is 34.5. The summed E-state index contributed by atoms with van der Waals surface area (Å²) in [6.07, 6.45) is 71.7. The zero-order valence-corrected chi connectivity index (χ0v) is 70.4. The molecule has 1 amide bonds. The van der Waals surface area contributed by atoms with Gasteiger partial charge in [-0.05, 0) is 77.0 Å². The van der Waals surface area contributed by atoms with E-state index in [-0.39, 0.29) is 18.9 Å². The number of unbranched alkanes of at least 4 members (excludes halogenated alkanes) is 46. The van der Waals surface area contributed by atoms with Crippen LogP contribution in [0.15, 0.2) is 85.1 Å². The van der Waals surface area contributed by atoms with Gasteiger partial charge in [-0.15, -0.1) is 0 Å². The summed E-state index contributed by atoms with van der Waals surface area (Å²) in [5.41, 5.74) is 0. The monoisotopic (exact) mass is 1590 g/mol. The molecule has 0 spiro atoms. The van der Waals surface area contributed by atoms with Gasteiger partial charge in [-0.3, -0.25) is 4.79 Å². The zero-order valence-electron chi connectivity index (χ0n) is 70.4. The minimum atomic E-state index is -1.98. The number of carbonyl (C=O) groups excluding carboxylic acids is 1. The predicted octanol–water partition coefficient (Wildman–Crippen LogP) is 17.7. The molecule has 3 aliphatic rings. The Kier molecular flexibility index (Phi) is 66.3. The third-order valence-corrected chi connectivity index (χ3v) is 22.4. The molecule has 3 aliphatic heterocycles. The fraction of sp³-hybridized carbons (Fsp3) is 0.839. The van der Waals surface area contributed by atoms with Gasteiger partial charge in [0.25, 0.3) is 0 Å². The van der Waals surface area contributed by atoms with Gasteiger partial charge in [-0.25, -0.2) is 0 Å². The summed E-state index contributed by atoms with van der Waals surface area (Å²) in [6, 6.07) is -0.995. The predicted molar refractivity (Wildman–Crippen MR) is 452 cm³/mol. The van der Waals surface area contributed by atoms with Gasteiger partial charge in [-0.1, -0.05) is 369 Å². The van der Waals surface area contributed by atoms with E-state index in [0.717, 1.165) is 70.6 Å². The second-order valence-corrected chi connectivity index (χ2v) is 32.4. The maximum atomic E-state index is 13.5. The van der Waals surface area contributed by atoms with Crippen LogP contribution in [0.25, 0.3) is 0 Å². The molecule has 0 aromatic carbocycles. The Hall–Kier alpha value is -3.03. The molecule has 3 rings (SSSR count). The summed E-state index contributed by atoms with van der Waals surface area (Å²) >= 11 is 0. The highest BCUT2D eigenvalue weighted by molar-refractivity contribution is 5.76. The topological polar surface area (TPSA) is 307 Å². The molecule has 0 aromatic heterocycles. The molecule has 19 nitrogen and oxygen atoms in total. The van der Waals surface area contributed by atoms with E-state index >= 15 is 0 Å². The lowest BCUT2D eigenvalue weighted by Crippen LogP contribution is -2.66. The lowest BCUT2D eigenvalue weighted by Gasteiger charge is -2.48. The molecule has 652 valence electrons. The van der Waals surface area contributed by atoms with Crippen LogP contribution in [0.5, 0.6) is 0 Å². The van der Waals surface area contributed by atoms with E-state index < -0.39 is 124 Å². The molecular weight excluding hydrogens is 1420 g/mol. The Labute approximate surface area is 680 Å². The van der Waals surface area contributed by atoms with Gasteiger partial charge in [0.1, 0.15) is 73.2 Å². The number of ether oxygens (including phenoxy) is 6. The second-order valence-electron chi connectivity index (χ2n) is 32.4. The Morgan fingerprint density at radius 1 is 0.330 bits per heavy atom. The third-order valence-electron chi connectivity index (χ3n) is 22.4. The number of hydrogen-bond acceptors (Lipinski definition) is 18. The lowest BCUT2D eigenvalue weighted by atomic mass is 9.96. The molecule has 0 radical (unpaired) electrons. The van der Waals surface area contributed by atoms with Crippen LogP contribution >= 0.6 is 0 Å². The first kappa shape index (κ1) is 103. The first-order chi connectivity index (χ1) is 54.8. The van der Waals surface area contributed by atoms with Gasteiger partial charge in [0, 0.05) is 6.42 Å². The van der Waals surface area contributed by atoms with Crippen LogP contribution in [0, 0.1) is 0 Å². The largest absolute Gasteiger partial charge is 0.394 e. The van der Waals surface area contributed by atoms with E-state index in [1.165, 1.54) is 263 Å². The first-order valence-corrected chi connectivity index (χ1v) is 45.8. The van der Waals surface area contributed by atoms with Crippen LogP contribution < -0.4 is 5.32 Å². The molecule has 0 aliphatic carbocycles. The molecule has 3 saturated heterocycles. The number of rotatable bonds is 74. The summed E-state index contributed by atoms with van der Waals surface area (Å²) in [5, 5.41) is 121. The smallest absolute Gasteiger partial charge is 0.220 e. The fourth-order valence-electron chi connectivity index (χ4n) is 15.2. The van der Waals surface area contributed by atoms with Gasteiger partial charge in [-0.2, -0.15) is 0 Å². The summed E-state index contributed by atoms with van der Waals surface area (Å²) in [5.74, 6) is -0.281. The van der Waals surface area contributed by atoms with Crippen molar-refractivity contribution >= 4 is 5.91 Å². The molecule has 0 bridgehead atoms. The van der Waals surface area contributed by atoms with E-state index in [1.807, 2.05) is 6.08 Å². The third kappa shape index (κ3) is 50.0. The molecule has 3 heterocycles. The molecule has 17 atom stereocenters. The van der Waals surface area contributed by atoms with Gasteiger partial charge in [0.2, 0.25) is 5.91 Å². The van der Waals surface area contributed by atoms with E-state index in [2.05, 4.69) is 92.1 Å². The van der Waals surface area contributed by atoms with Gasteiger partial charge < -0.3 is 89.9 Å². The summed E-state index contributed by atoms with van der Waals surface area (Å²) in [7, 11) is 0. The van der Waals surface area contributed by atoms with Crippen molar-refractivity contribution in [1.29, 1.82) is 0 Å². The van der Waals surface area contributed by atoms with E-state index in [0.29, 0.717) is 12.8 Å². The first-order valence-electron chi connectivity index (χ1n) is 45.8. The van der Waals surface area contributed by atoms with Crippen LogP contribution in [-0.2, 0) is 33.2 Å². The zero-order chi connectivity index (χ0) is 81.0. The molecular formula is C93H167NO18. The van der Waals surface area contributed by atoms with Crippen LogP contribution in [0.2, 0.25) is 0 Å².